The fraction of sp³-hybridized carbons (Fsp3) is 0.514. The van der Waals surface area contributed by atoms with Gasteiger partial charge in [-0.15, -0.1) is 0 Å². The van der Waals surface area contributed by atoms with Crippen molar-refractivity contribution in [2.24, 2.45) is 23.7 Å². The Morgan fingerprint density at radius 2 is 1.81 bits per heavy atom. The molecule has 6 rings (SSSR count). The molecule has 4 aliphatic rings. The number of benzene rings is 2. The fourth-order valence-electron chi connectivity index (χ4n) is 7.68. The third kappa shape index (κ3) is 5.03. The maximum atomic E-state index is 14.4. The number of fused-ring (bicyclic) bond motifs is 1. The van der Waals surface area contributed by atoms with Crippen LogP contribution in [0.4, 0.5) is 5.69 Å². The van der Waals surface area contributed by atoms with Gasteiger partial charge >= 0.3 is 0 Å². The van der Waals surface area contributed by atoms with Crippen LogP contribution in [0.1, 0.15) is 64.0 Å². The second kappa shape index (κ2) is 11.5. The monoisotopic (exact) mass is 585 g/mol. The molecule has 2 aromatic carbocycles. The maximum absolute atomic E-state index is 14.4. The number of anilines is 1. The van der Waals surface area contributed by atoms with Gasteiger partial charge in [0, 0.05) is 17.3 Å². The number of ether oxygens (including phenoxy) is 2. The summed E-state index contributed by atoms with van der Waals surface area (Å²) in [5, 5.41) is 6.34. The number of amides is 3. The highest BCUT2D eigenvalue weighted by molar-refractivity contribution is 6.02. The predicted molar refractivity (Wildman–Crippen MR) is 164 cm³/mol. The lowest BCUT2D eigenvalue weighted by Crippen LogP contribution is -2.57. The molecular weight excluding hydrogens is 542 g/mol. The molecule has 228 valence electrons. The molecule has 8 heteroatoms. The van der Waals surface area contributed by atoms with Crippen molar-refractivity contribution >= 4 is 23.4 Å². The Hall–Kier alpha value is -3.65. The first-order chi connectivity index (χ1) is 20.6. The molecule has 3 aliphatic heterocycles. The average Bonchev–Trinajstić information content (AvgIpc) is 3.63. The zero-order valence-electron chi connectivity index (χ0n) is 25.7. The number of hydrogen-bond donors (Lipinski definition) is 2. The Morgan fingerprint density at radius 1 is 1.07 bits per heavy atom. The molecular formula is C35H43N3O5. The van der Waals surface area contributed by atoms with Gasteiger partial charge in [-0.2, -0.15) is 0 Å². The van der Waals surface area contributed by atoms with Gasteiger partial charge in [0.1, 0.15) is 17.4 Å². The summed E-state index contributed by atoms with van der Waals surface area (Å²) in [5.41, 5.74) is 1.41. The molecule has 2 aromatic rings. The number of rotatable bonds is 8. The van der Waals surface area contributed by atoms with E-state index in [0.717, 1.165) is 24.8 Å². The van der Waals surface area contributed by atoms with Crippen molar-refractivity contribution in [3.63, 3.8) is 0 Å². The van der Waals surface area contributed by atoms with Gasteiger partial charge in [0.25, 0.3) is 0 Å². The first-order valence-corrected chi connectivity index (χ1v) is 15.7. The number of nitrogens with zero attached hydrogens (tertiary/aromatic N) is 1. The Bertz CT molecular complexity index is 1420. The highest BCUT2D eigenvalue weighted by Crippen LogP contribution is 2.55. The summed E-state index contributed by atoms with van der Waals surface area (Å²) in [6.45, 7) is 8.83. The van der Waals surface area contributed by atoms with Crippen molar-refractivity contribution in [3.8, 4) is 5.75 Å². The van der Waals surface area contributed by atoms with E-state index < -0.39 is 29.6 Å². The number of carbonyl (C=O) groups excluding carboxylic acids is 3. The van der Waals surface area contributed by atoms with Crippen molar-refractivity contribution in [3.05, 3.63) is 71.8 Å². The Morgan fingerprint density at radius 3 is 2.53 bits per heavy atom. The van der Waals surface area contributed by atoms with Gasteiger partial charge in [0.15, 0.2) is 0 Å². The van der Waals surface area contributed by atoms with E-state index in [4.69, 9.17) is 9.47 Å². The van der Waals surface area contributed by atoms with Crippen molar-refractivity contribution in [1.82, 2.24) is 10.2 Å². The minimum Gasteiger partial charge on any atom is -0.496 e. The molecule has 2 N–H and O–H groups in total. The van der Waals surface area contributed by atoms with Crippen molar-refractivity contribution in [2.75, 3.05) is 12.4 Å². The Kier molecular flexibility index (Phi) is 7.84. The highest BCUT2D eigenvalue weighted by Gasteiger charge is 2.72. The molecule has 3 amide bonds. The summed E-state index contributed by atoms with van der Waals surface area (Å²) in [4.78, 5) is 44.1. The van der Waals surface area contributed by atoms with Gasteiger partial charge in [0.2, 0.25) is 17.7 Å². The van der Waals surface area contributed by atoms with Crippen LogP contribution in [0.15, 0.2) is 60.7 Å². The molecule has 8 nitrogen and oxygen atoms in total. The van der Waals surface area contributed by atoms with E-state index >= 15 is 0 Å². The third-order valence-electron chi connectivity index (χ3n) is 10.3. The van der Waals surface area contributed by atoms with Gasteiger partial charge in [-0.3, -0.25) is 14.4 Å². The third-order valence-corrected chi connectivity index (χ3v) is 10.3. The first-order valence-electron chi connectivity index (χ1n) is 15.7. The van der Waals surface area contributed by atoms with Gasteiger partial charge < -0.3 is 25.0 Å². The van der Waals surface area contributed by atoms with Crippen LogP contribution in [-0.2, 0) is 25.7 Å². The lowest BCUT2D eigenvalue weighted by Gasteiger charge is -2.38. The van der Waals surface area contributed by atoms with Crippen LogP contribution in [0.25, 0.3) is 0 Å². The summed E-state index contributed by atoms with van der Waals surface area (Å²) >= 11 is 0. The lowest BCUT2D eigenvalue weighted by molar-refractivity contribution is -0.142. The number of methoxy groups -OCH3 is 1. The SMILES string of the molecule is COc1ccccc1CN1C(=O)C2C(C(=O)Nc3ccc(C(C)C)cc3)C3C=CC2(O3)C1C(=O)NC1CCCC(C)C1C. The molecule has 1 spiro atoms. The van der Waals surface area contributed by atoms with Crippen LogP contribution >= 0.6 is 0 Å². The zero-order valence-corrected chi connectivity index (χ0v) is 25.7. The van der Waals surface area contributed by atoms with Gasteiger partial charge in [0.05, 0.1) is 31.6 Å². The van der Waals surface area contributed by atoms with E-state index in [1.807, 2.05) is 60.7 Å². The molecule has 2 bridgehead atoms. The van der Waals surface area contributed by atoms with E-state index in [1.165, 1.54) is 5.56 Å². The fourth-order valence-corrected chi connectivity index (χ4v) is 7.68. The smallest absolute Gasteiger partial charge is 0.246 e. The van der Waals surface area contributed by atoms with E-state index in [1.54, 1.807) is 12.0 Å². The minimum atomic E-state index is -1.22. The number of nitrogens with one attached hydrogen (secondary N) is 2. The van der Waals surface area contributed by atoms with Crippen molar-refractivity contribution < 1.29 is 23.9 Å². The minimum absolute atomic E-state index is 0.0189. The second-order valence-electron chi connectivity index (χ2n) is 13.1. The number of hydrogen-bond acceptors (Lipinski definition) is 5. The second-order valence-corrected chi connectivity index (χ2v) is 13.1. The van der Waals surface area contributed by atoms with Gasteiger partial charge in [-0.1, -0.05) is 83.0 Å². The van der Waals surface area contributed by atoms with E-state index in [-0.39, 0.29) is 30.3 Å². The molecule has 1 saturated carbocycles. The van der Waals surface area contributed by atoms with E-state index in [9.17, 15) is 14.4 Å². The quantitative estimate of drug-likeness (QED) is 0.423. The summed E-state index contributed by atoms with van der Waals surface area (Å²) in [7, 11) is 1.59. The molecule has 0 radical (unpaired) electrons. The van der Waals surface area contributed by atoms with Crippen LogP contribution in [0.3, 0.4) is 0 Å². The summed E-state index contributed by atoms with van der Waals surface area (Å²) < 4.78 is 12.1. The molecule has 3 fully saturated rings. The summed E-state index contributed by atoms with van der Waals surface area (Å²) in [5.74, 6) is -0.491. The molecule has 8 atom stereocenters. The van der Waals surface area contributed by atoms with Gasteiger partial charge in [-0.05, 0) is 47.9 Å². The topological polar surface area (TPSA) is 97.0 Å². The van der Waals surface area contributed by atoms with Gasteiger partial charge in [-0.25, -0.2) is 0 Å². The number of likely N-dealkylation sites (tertiary alicyclic amines) is 1. The molecule has 8 unspecified atom stereocenters. The predicted octanol–water partition coefficient (Wildman–Crippen LogP) is 5.05. The van der Waals surface area contributed by atoms with Crippen molar-refractivity contribution in [1.29, 1.82) is 0 Å². The van der Waals surface area contributed by atoms with Crippen LogP contribution in [0, 0.1) is 23.7 Å². The van der Waals surface area contributed by atoms with Crippen LogP contribution < -0.4 is 15.4 Å². The zero-order chi connectivity index (χ0) is 30.5. The lowest BCUT2D eigenvalue weighted by atomic mass is 9.73. The highest BCUT2D eigenvalue weighted by atomic mass is 16.5. The summed E-state index contributed by atoms with van der Waals surface area (Å²) in [6.07, 6.45) is 6.24. The van der Waals surface area contributed by atoms with Crippen molar-refractivity contribution in [2.45, 2.75) is 83.2 Å². The first kappa shape index (κ1) is 29.4. The summed E-state index contributed by atoms with van der Waals surface area (Å²) in [6, 6.07) is 14.4. The maximum Gasteiger partial charge on any atom is 0.246 e. The Labute approximate surface area is 254 Å². The van der Waals surface area contributed by atoms with E-state index in [2.05, 4.69) is 38.3 Å². The molecule has 1 aliphatic carbocycles. The van der Waals surface area contributed by atoms with Crippen LogP contribution in [0.2, 0.25) is 0 Å². The molecule has 2 saturated heterocycles. The standard InChI is InChI=1S/C35H43N3O5/c1-20(2)23-13-15-25(16-14-23)36-32(39)29-28-17-18-35(43-28)30(29)34(41)38(19-24-10-6-7-12-27(24)42-5)31(35)33(40)37-26-11-8-9-21(3)22(26)4/h6-7,10,12-18,20-22,26,28-31H,8-9,11,19H2,1-5H3,(H,36,39)(H,37,40). The largest absolute Gasteiger partial charge is 0.496 e. The average molecular weight is 586 g/mol. The molecule has 3 heterocycles. The van der Waals surface area contributed by atoms with Crippen LogP contribution in [-0.4, -0.2) is 53.5 Å². The molecule has 43 heavy (non-hydrogen) atoms. The van der Waals surface area contributed by atoms with Crippen LogP contribution in [0.5, 0.6) is 5.75 Å². The Balaban J connectivity index is 1.32. The number of para-hydroxylation sites is 1. The molecule has 0 aromatic heterocycles. The van der Waals surface area contributed by atoms with E-state index in [0.29, 0.717) is 29.2 Å². The number of carbonyl (C=O) groups is 3. The normalized spacial score (nSPS) is 32.7.